The van der Waals surface area contributed by atoms with Crippen molar-refractivity contribution < 1.29 is 4.39 Å². The second kappa shape index (κ2) is 4.47. The van der Waals surface area contributed by atoms with E-state index in [4.69, 9.17) is 5.73 Å². The topological polar surface area (TPSA) is 26.0 Å². The van der Waals surface area contributed by atoms with Crippen LogP contribution in [0.4, 0.5) is 10.1 Å². The van der Waals surface area contributed by atoms with E-state index in [1.807, 2.05) is 36.4 Å². The van der Waals surface area contributed by atoms with Crippen LogP contribution in [0.3, 0.4) is 0 Å². The monoisotopic (exact) mass is 267 g/mol. The number of hydrogen-bond acceptors (Lipinski definition) is 1. The Morgan fingerprint density at radius 2 is 1.27 bits per heavy atom. The molecule has 0 amide bonds. The van der Waals surface area contributed by atoms with Crippen LogP contribution >= 0.6 is 0 Å². The SMILES string of the molecule is Nc1ccc([Se]c2ccc(F)cc2)cc1. The van der Waals surface area contributed by atoms with Crippen molar-refractivity contribution in [2.45, 2.75) is 0 Å². The Balaban J connectivity index is 2.15. The summed E-state index contributed by atoms with van der Waals surface area (Å²) < 4.78 is 15.1. The standard InChI is InChI=1S/C12H10FNSe/c13-9-1-5-11(6-2-9)15-12-7-3-10(14)4-8-12/h1-8H,14H2. The zero-order chi connectivity index (χ0) is 10.7. The van der Waals surface area contributed by atoms with Crippen LogP contribution in [0.15, 0.2) is 48.5 Å². The Labute approximate surface area is 94.3 Å². The van der Waals surface area contributed by atoms with Gasteiger partial charge in [-0.05, 0) is 0 Å². The zero-order valence-electron chi connectivity index (χ0n) is 7.98. The van der Waals surface area contributed by atoms with Gasteiger partial charge in [-0.3, -0.25) is 0 Å². The molecule has 0 aliphatic heterocycles. The van der Waals surface area contributed by atoms with E-state index in [0.29, 0.717) is 0 Å². The van der Waals surface area contributed by atoms with Crippen molar-refractivity contribution in [1.29, 1.82) is 0 Å². The van der Waals surface area contributed by atoms with Crippen LogP contribution in [0, 0.1) is 5.82 Å². The Morgan fingerprint density at radius 3 is 1.80 bits per heavy atom. The van der Waals surface area contributed by atoms with Gasteiger partial charge >= 0.3 is 94.0 Å². The minimum absolute atomic E-state index is 0.188. The van der Waals surface area contributed by atoms with E-state index in [0.717, 1.165) is 10.1 Å². The molecule has 0 aromatic heterocycles. The molecule has 2 aromatic rings. The summed E-state index contributed by atoms with van der Waals surface area (Å²) in [5.41, 5.74) is 6.37. The molecule has 3 heteroatoms. The van der Waals surface area contributed by atoms with Crippen molar-refractivity contribution in [2.24, 2.45) is 0 Å². The molecule has 2 aromatic carbocycles. The molecule has 76 valence electrons. The molecule has 1 nitrogen and oxygen atoms in total. The first kappa shape index (κ1) is 10.2. The average molecular weight is 266 g/mol. The zero-order valence-corrected chi connectivity index (χ0v) is 9.70. The molecule has 0 heterocycles. The van der Waals surface area contributed by atoms with Gasteiger partial charge in [0.1, 0.15) is 0 Å². The van der Waals surface area contributed by atoms with Gasteiger partial charge in [0.15, 0.2) is 0 Å². The van der Waals surface area contributed by atoms with Crippen LogP contribution in [0.1, 0.15) is 0 Å². The quantitative estimate of drug-likeness (QED) is 0.638. The maximum absolute atomic E-state index is 12.7. The molecular weight excluding hydrogens is 256 g/mol. The van der Waals surface area contributed by atoms with Gasteiger partial charge in [0.25, 0.3) is 0 Å². The fraction of sp³-hybridized carbons (Fsp3) is 0. The summed E-state index contributed by atoms with van der Waals surface area (Å²) in [6, 6.07) is 14.4. The van der Waals surface area contributed by atoms with Crippen molar-refractivity contribution in [3.05, 3.63) is 54.3 Å². The van der Waals surface area contributed by atoms with E-state index in [-0.39, 0.29) is 20.8 Å². The number of rotatable bonds is 2. The summed E-state index contributed by atoms with van der Waals surface area (Å²) in [5, 5.41) is 0. The predicted molar refractivity (Wildman–Crippen MR) is 62.3 cm³/mol. The molecule has 0 saturated heterocycles. The molecule has 0 bridgehead atoms. The van der Waals surface area contributed by atoms with Crippen LogP contribution in [0.5, 0.6) is 0 Å². The first-order valence-corrected chi connectivity index (χ1v) is 6.24. The fourth-order valence-corrected chi connectivity index (χ4v) is 2.89. The average Bonchev–Trinajstić information content (AvgIpc) is 2.25. The van der Waals surface area contributed by atoms with E-state index in [1.54, 1.807) is 0 Å². The van der Waals surface area contributed by atoms with Crippen molar-refractivity contribution in [1.82, 2.24) is 0 Å². The maximum atomic E-state index is 12.7. The van der Waals surface area contributed by atoms with Crippen LogP contribution in [0.25, 0.3) is 0 Å². The number of anilines is 1. The number of nitrogens with two attached hydrogens (primary N) is 1. The van der Waals surface area contributed by atoms with E-state index in [9.17, 15) is 4.39 Å². The molecule has 15 heavy (non-hydrogen) atoms. The van der Waals surface area contributed by atoms with E-state index in [2.05, 4.69) is 0 Å². The normalized spacial score (nSPS) is 10.2. The number of benzene rings is 2. The van der Waals surface area contributed by atoms with Gasteiger partial charge in [-0.25, -0.2) is 0 Å². The third-order valence-electron chi connectivity index (χ3n) is 1.93. The van der Waals surface area contributed by atoms with Gasteiger partial charge in [-0.1, -0.05) is 0 Å². The summed E-state index contributed by atoms with van der Waals surface area (Å²) in [6.07, 6.45) is 0. The molecule has 0 radical (unpaired) electrons. The Bertz CT molecular complexity index is 393. The Kier molecular flexibility index (Phi) is 3.05. The third kappa shape index (κ3) is 2.82. The number of halogens is 1. The predicted octanol–water partition coefficient (Wildman–Crippen LogP) is 1.06. The summed E-state index contributed by atoms with van der Waals surface area (Å²) in [4.78, 5) is 0. The van der Waals surface area contributed by atoms with Crippen LogP contribution in [-0.2, 0) is 0 Å². The fourth-order valence-electron chi connectivity index (χ4n) is 1.17. The van der Waals surface area contributed by atoms with Gasteiger partial charge in [-0.15, -0.1) is 0 Å². The van der Waals surface area contributed by atoms with Crippen LogP contribution < -0.4 is 14.7 Å². The summed E-state index contributed by atoms with van der Waals surface area (Å²) >= 11 is 0.224. The van der Waals surface area contributed by atoms with Crippen molar-refractivity contribution in [2.75, 3.05) is 5.73 Å². The summed E-state index contributed by atoms with van der Waals surface area (Å²) in [7, 11) is 0. The third-order valence-corrected chi connectivity index (χ3v) is 4.06. The molecule has 2 rings (SSSR count). The molecule has 0 saturated carbocycles. The molecule has 0 spiro atoms. The van der Waals surface area contributed by atoms with Gasteiger partial charge in [0.05, 0.1) is 0 Å². The summed E-state index contributed by atoms with van der Waals surface area (Å²) in [6.45, 7) is 0. The van der Waals surface area contributed by atoms with E-state index < -0.39 is 0 Å². The van der Waals surface area contributed by atoms with Crippen LogP contribution in [0.2, 0.25) is 0 Å². The Hall–Kier alpha value is -1.31. The molecule has 0 aliphatic rings. The van der Waals surface area contributed by atoms with Gasteiger partial charge in [-0.2, -0.15) is 0 Å². The van der Waals surface area contributed by atoms with Crippen molar-refractivity contribution in [3.63, 3.8) is 0 Å². The second-order valence-corrected chi connectivity index (χ2v) is 5.53. The number of nitrogen functional groups attached to an aromatic ring is 1. The van der Waals surface area contributed by atoms with Gasteiger partial charge in [0.2, 0.25) is 0 Å². The minimum atomic E-state index is -0.188. The van der Waals surface area contributed by atoms with Gasteiger partial charge in [0, 0.05) is 0 Å². The second-order valence-electron chi connectivity index (χ2n) is 3.13. The van der Waals surface area contributed by atoms with E-state index >= 15 is 0 Å². The molecule has 0 unspecified atom stereocenters. The number of hydrogen-bond donors (Lipinski definition) is 1. The molecular formula is C12H10FNSe. The molecule has 0 aliphatic carbocycles. The molecule has 2 N–H and O–H groups in total. The first-order valence-electron chi connectivity index (χ1n) is 4.53. The molecule has 0 fully saturated rings. The van der Waals surface area contributed by atoms with Crippen molar-refractivity contribution >= 4 is 29.6 Å². The molecule has 0 atom stereocenters. The Morgan fingerprint density at radius 1 is 0.800 bits per heavy atom. The van der Waals surface area contributed by atoms with E-state index in [1.165, 1.54) is 16.6 Å². The first-order chi connectivity index (χ1) is 7.24. The van der Waals surface area contributed by atoms with Crippen molar-refractivity contribution in [3.8, 4) is 0 Å². The van der Waals surface area contributed by atoms with Gasteiger partial charge < -0.3 is 0 Å². The van der Waals surface area contributed by atoms with Crippen LogP contribution in [-0.4, -0.2) is 15.0 Å². The summed E-state index contributed by atoms with van der Waals surface area (Å²) in [5.74, 6) is -0.188.